The lowest BCUT2D eigenvalue weighted by atomic mass is 10.1. The Morgan fingerprint density at radius 3 is 1.70 bits per heavy atom. The van der Waals surface area contributed by atoms with E-state index >= 15 is 0 Å². The second-order valence-electron chi connectivity index (χ2n) is 8.25. The van der Waals surface area contributed by atoms with E-state index in [2.05, 4.69) is 42.0 Å². The standard InChI is InChI=1S/C19H22Cl2N2S.2C4H4O4/c1-14(23-11-9-22(2)10-12-23)16-13-15(20)7-8-18(16)24-19-6-4-3-5-17(19)21;2*5-3(6)1-2-4(7)8/h3-8,13-14H,9-12H2,1-2H3;2*1-2H,(H,5,6)(H,7,8)/b;2*2-1+. The monoisotopic (exact) mass is 612 g/mol. The van der Waals surface area contributed by atoms with E-state index in [9.17, 15) is 19.2 Å². The predicted octanol–water partition coefficient (Wildman–Crippen LogP) is 4.88. The normalized spacial score (nSPS) is 14.5. The van der Waals surface area contributed by atoms with Crippen LogP contribution in [0.5, 0.6) is 0 Å². The van der Waals surface area contributed by atoms with Crippen LogP contribution in [0.4, 0.5) is 0 Å². The van der Waals surface area contributed by atoms with E-state index in [1.54, 1.807) is 11.8 Å². The average Bonchev–Trinajstić information content (AvgIpc) is 2.89. The van der Waals surface area contributed by atoms with E-state index < -0.39 is 23.9 Å². The fourth-order valence-electron chi connectivity index (χ4n) is 3.28. The number of rotatable bonds is 8. The van der Waals surface area contributed by atoms with Crippen LogP contribution in [0.2, 0.25) is 10.0 Å². The molecule has 0 radical (unpaired) electrons. The van der Waals surface area contributed by atoms with Crippen molar-refractivity contribution < 1.29 is 39.6 Å². The molecule has 10 nitrogen and oxygen atoms in total. The highest BCUT2D eigenvalue weighted by molar-refractivity contribution is 7.99. The van der Waals surface area contributed by atoms with Crippen molar-refractivity contribution in [2.75, 3.05) is 33.2 Å². The topological polar surface area (TPSA) is 156 Å². The van der Waals surface area contributed by atoms with Crippen molar-refractivity contribution in [3.8, 4) is 0 Å². The first-order chi connectivity index (χ1) is 18.8. The van der Waals surface area contributed by atoms with Crippen molar-refractivity contribution >= 4 is 58.8 Å². The first kappa shape index (κ1) is 34.7. The van der Waals surface area contributed by atoms with Crippen molar-refractivity contribution in [3.05, 3.63) is 82.4 Å². The number of hydrogen-bond donors (Lipinski definition) is 4. The number of halogens is 2. The Morgan fingerprint density at radius 1 is 0.775 bits per heavy atom. The molecule has 40 heavy (non-hydrogen) atoms. The minimum atomic E-state index is -1.26. The summed E-state index contributed by atoms with van der Waals surface area (Å²) in [6, 6.07) is 14.5. The lowest BCUT2D eigenvalue weighted by Crippen LogP contribution is -2.45. The van der Waals surface area contributed by atoms with Gasteiger partial charge in [0.1, 0.15) is 0 Å². The van der Waals surface area contributed by atoms with E-state index in [-0.39, 0.29) is 0 Å². The van der Waals surface area contributed by atoms with Crippen LogP contribution in [-0.2, 0) is 19.2 Å². The van der Waals surface area contributed by atoms with Crippen LogP contribution in [0.15, 0.2) is 76.6 Å². The van der Waals surface area contributed by atoms with Gasteiger partial charge in [-0.2, -0.15) is 0 Å². The van der Waals surface area contributed by atoms with Crippen LogP contribution in [-0.4, -0.2) is 87.3 Å². The molecule has 0 aromatic heterocycles. The maximum Gasteiger partial charge on any atom is 0.328 e. The van der Waals surface area contributed by atoms with Gasteiger partial charge < -0.3 is 25.3 Å². The SMILES string of the molecule is CC(c1cc(Cl)ccc1Sc1ccccc1Cl)N1CCN(C)CC1.O=C(O)/C=C/C(=O)O.O=C(O)/C=C/C(=O)O. The van der Waals surface area contributed by atoms with Crippen LogP contribution in [0.3, 0.4) is 0 Å². The number of piperazine rings is 1. The third-order valence-corrected chi connectivity index (χ3v) is 7.15. The molecule has 0 saturated carbocycles. The van der Waals surface area contributed by atoms with Crippen LogP contribution in [0, 0.1) is 0 Å². The quantitative estimate of drug-likeness (QED) is 0.301. The van der Waals surface area contributed by atoms with Gasteiger partial charge in [-0.15, -0.1) is 0 Å². The van der Waals surface area contributed by atoms with Crippen molar-refractivity contribution in [1.82, 2.24) is 9.80 Å². The molecule has 13 heteroatoms. The number of carbonyl (C=O) groups is 4. The molecule has 2 aromatic rings. The second kappa shape index (κ2) is 18.1. The fourth-order valence-corrected chi connectivity index (χ4v) is 4.74. The summed E-state index contributed by atoms with van der Waals surface area (Å²) in [6.45, 7) is 6.66. The van der Waals surface area contributed by atoms with Crippen LogP contribution in [0.1, 0.15) is 18.5 Å². The van der Waals surface area contributed by atoms with Gasteiger partial charge in [0.2, 0.25) is 0 Å². The number of carboxylic acid groups (broad SMARTS) is 4. The smallest absolute Gasteiger partial charge is 0.328 e. The highest BCUT2D eigenvalue weighted by atomic mass is 35.5. The van der Waals surface area contributed by atoms with Gasteiger partial charge in [-0.1, -0.05) is 47.1 Å². The van der Waals surface area contributed by atoms with Gasteiger partial charge in [0, 0.05) is 71.3 Å². The van der Waals surface area contributed by atoms with Gasteiger partial charge in [-0.3, -0.25) is 4.90 Å². The summed E-state index contributed by atoms with van der Waals surface area (Å²) >= 11 is 14.3. The Hall–Kier alpha value is -3.35. The summed E-state index contributed by atoms with van der Waals surface area (Å²) in [7, 11) is 2.18. The van der Waals surface area contributed by atoms with Gasteiger partial charge in [0.25, 0.3) is 0 Å². The summed E-state index contributed by atoms with van der Waals surface area (Å²) in [6.07, 6.45) is 2.23. The molecule has 0 spiro atoms. The summed E-state index contributed by atoms with van der Waals surface area (Å²) in [4.78, 5) is 45.4. The lowest BCUT2D eigenvalue weighted by Gasteiger charge is -2.37. The van der Waals surface area contributed by atoms with E-state index in [0.29, 0.717) is 30.3 Å². The molecule has 1 atom stereocenters. The Bertz CT molecular complexity index is 1160. The van der Waals surface area contributed by atoms with Crippen LogP contribution >= 0.6 is 35.0 Å². The zero-order valence-corrected chi connectivity index (χ0v) is 24.1. The molecule has 1 heterocycles. The molecular weight excluding hydrogens is 583 g/mol. The van der Waals surface area contributed by atoms with Gasteiger partial charge in [-0.05, 0) is 49.9 Å². The predicted molar refractivity (Wildman–Crippen MR) is 153 cm³/mol. The molecule has 1 saturated heterocycles. The number of nitrogens with zero attached hydrogens (tertiary/aromatic N) is 2. The molecule has 0 bridgehead atoms. The van der Waals surface area contributed by atoms with Crippen molar-refractivity contribution in [3.63, 3.8) is 0 Å². The van der Waals surface area contributed by atoms with Gasteiger partial charge >= 0.3 is 23.9 Å². The summed E-state index contributed by atoms with van der Waals surface area (Å²) in [5.74, 6) is -5.03. The molecule has 1 fully saturated rings. The molecule has 0 aliphatic carbocycles. The van der Waals surface area contributed by atoms with E-state index in [0.717, 1.165) is 41.1 Å². The molecule has 216 valence electrons. The summed E-state index contributed by atoms with van der Waals surface area (Å²) in [5.41, 5.74) is 1.27. The maximum absolute atomic E-state index is 9.55. The van der Waals surface area contributed by atoms with Gasteiger partial charge in [-0.25, -0.2) is 19.2 Å². The maximum atomic E-state index is 9.55. The Balaban J connectivity index is 0.000000412. The molecule has 2 aromatic carbocycles. The zero-order valence-electron chi connectivity index (χ0n) is 21.7. The molecule has 4 N–H and O–H groups in total. The van der Waals surface area contributed by atoms with Crippen molar-refractivity contribution in [2.24, 2.45) is 0 Å². The first-order valence-corrected chi connectivity index (χ1v) is 13.3. The van der Waals surface area contributed by atoms with Crippen LogP contribution in [0.25, 0.3) is 0 Å². The summed E-state index contributed by atoms with van der Waals surface area (Å²) < 4.78 is 0. The highest BCUT2D eigenvalue weighted by Gasteiger charge is 2.23. The first-order valence-electron chi connectivity index (χ1n) is 11.7. The van der Waals surface area contributed by atoms with E-state index in [1.807, 2.05) is 24.3 Å². The van der Waals surface area contributed by atoms with Crippen molar-refractivity contribution in [2.45, 2.75) is 22.8 Å². The minimum Gasteiger partial charge on any atom is -0.478 e. The lowest BCUT2D eigenvalue weighted by molar-refractivity contribution is -0.134. The Morgan fingerprint density at radius 2 is 1.25 bits per heavy atom. The highest BCUT2D eigenvalue weighted by Crippen LogP contribution is 2.39. The van der Waals surface area contributed by atoms with Gasteiger partial charge in [0.05, 0.1) is 5.02 Å². The molecule has 1 aliphatic rings. The molecular formula is C27H30Cl2N2O8S. The second-order valence-corrected chi connectivity index (χ2v) is 10.2. The van der Waals surface area contributed by atoms with Crippen LogP contribution < -0.4 is 0 Å². The third-order valence-electron chi connectivity index (χ3n) is 5.30. The minimum absolute atomic E-state index is 0.336. The van der Waals surface area contributed by atoms with E-state index in [4.69, 9.17) is 43.6 Å². The fraction of sp³-hybridized carbons (Fsp3) is 0.259. The van der Waals surface area contributed by atoms with Crippen molar-refractivity contribution in [1.29, 1.82) is 0 Å². The average molecular weight is 614 g/mol. The van der Waals surface area contributed by atoms with Gasteiger partial charge in [0.15, 0.2) is 0 Å². The number of carboxylic acids is 4. The molecule has 0 amide bonds. The summed E-state index contributed by atoms with van der Waals surface area (Å²) in [5, 5.41) is 32.8. The molecule has 1 unspecified atom stereocenters. The number of likely N-dealkylation sites (N-methyl/N-ethyl adjacent to an activating group) is 1. The third kappa shape index (κ3) is 14.2. The number of benzene rings is 2. The Labute approximate surface area is 246 Å². The molecule has 3 rings (SSSR count). The zero-order chi connectivity index (χ0) is 30.2. The largest absolute Gasteiger partial charge is 0.478 e. The number of aliphatic carboxylic acids is 4. The molecule has 1 aliphatic heterocycles. The number of hydrogen-bond acceptors (Lipinski definition) is 7. The van der Waals surface area contributed by atoms with E-state index in [1.165, 1.54) is 10.5 Å². The Kier molecular flexibility index (Phi) is 15.7.